The quantitative estimate of drug-likeness (QED) is 0.708. The van der Waals surface area contributed by atoms with Gasteiger partial charge in [0.05, 0.1) is 0 Å². The third kappa shape index (κ3) is 6.21. The summed E-state index contributed by atoms with van der Waals surface area (Å²) in [4.78, 5) is 15.3. The highest BCUT2D eigenvalue weighted by atomic mass is 32.1. The first-order chi connectivity index (χ1) is 9.15. The number of nitrogens with zero attached hydrogens (tertiary/aromatic N) is 1. The van der Waals surface area contributed by atoms with E-state index >= 15 is 0 Å². The minimum absolute atomic E-state index is 0.261. The van der Waals surface area contributed by atoms with Crippen LogP contribution in [0, 0.1) is 0 Å². The van der Waals surface area contributed by atoms with Crippen molar-refractivity contribution in [1.82, 2.24) is 4.90 Å². The number of amides is 1. The zero-order valence-corrected chi connectivity index (χ0v) is 12.9. The van der Waals surface area contributed by atoms with Gasteiger partial charge in [-0.25, -0.2) is 0 Å². The topological polar surface area (TPSA) is 46.3 Å². The molecule has 0 radical (unpaired) electrons. The second-order valence-corrected chi connectivity index (χ2v) is 6.12. The van der Waals surface area contributed by atoms with Gasteiger partial charge in [-0.15, -0.1) is 11.3 Å². The molecule has 0 spiro atoms. The SMILES string of the molecule is CC(Cc1cccs1)N(C)C(=O)CCCCCCN. The molecule has 0 aliphatic heterocycles. The Labute approximate surface area is 120 Å². The highest BCUT2D eigenvalue weighted by Gasteiger charge is 2.15. The summed E-state index contributed by atoms with van der Waals surface area (Å²) < 4.78 is 0. The van der Waals surface area contributed by atoms with Gasteiger partial charge in [0, 0.05) is 30.8 Å². The number of hydrogen-bond acceptors (Lipinski definition) is 3. The predicted molar refractivity (Wildman–Crippen MR) is 82.4 cm³/mol. The largest absolute Gasteiger partial charge is 0.343 e. The predicted octanol–water partition coefficient (Wildman–Crippen LogP) is 3.05. The van der Waals surface area contributed by atoms with Gasteiger partial charge in [-0.3, -0.25) is 4.79 Å². The third-order valence-corrected chi connectivity index (χ3v) is 4.37. The molecular formula is C15H26N2OS. The van der Waals surface area contributed by atoms with Crippen LogP contribution in [0.3, 0.4) is 0 Å². The van der Waals surface area contributed by atoms with Crippen LogP contribution >= 0.6 is 11.3 Å². The smallest absolute Gasteiger partial charge is 0.222 e. The van der Waals surface area contributed by atoms with E-state index in [4.69, 9.17) is 5.73 Å². The number of hydrogen-bond donors (Lipinski definition) is 1. The van der Waals surface area contributed by atoms with Crippen molar-refractivity contribution in [2.45, 2.75) is 51.5 Å². The molecule has 0 aromatic carbocycles. The van der Waals surface area contributed by atoms with E-state index in [0.29, 0.717) is 6.42 Å². The van der Waals surface area contributed by atoms with Crippen molar-refractivity contribution in [3.05, 3.63) is 22.4 Å². The molecule has 1 atom stereocenters. The van der Waals surface area contributed by atoms with E-state index in [-0.39, 0.29) is 11.9 Å². The summed E-state index contributed by atoms with van der Waals surface area (Å²) in [6.07, 6.45) is 5.91. The molecule has 0 saturated carbocycles. The Morgan fingerprint density at radius 3 is 2.74 bits per heavy atom. The number of rotatable bonds is 9. The Morgan fingerprint density at radius 2 is 2.11 bits per heavy atom. The fraction of sp³-hybridized carbons (Fsp3) is 0.667. The van der Waals surface area contributed by atoms with E-state index in [1.807, 2.05) is 11.9 Å². The number of unbranched alkanes of at least 4 members (excludes halogenated alkanes) is 3. The lowest BCUT2D eigenvalue weighted by atomic mass is 10.1. The summed E-state index contributed by atoms with van der Waals surface area (Å²) in [5.74, 6) is 0.261. The van der Waals surface area contributed by atoms with E-state index in [1.165, 1.54) is 4.88 Å². The summed E-state index contributed by atoms with van der Waals surface area (Å²) in [6.45, 7) is 2.87. The van der Waals surface area contributed by atoms with Crippen molar-refractivity contribution in [3.63, 3.8) is 0 Å². The van der Waals surface area contributed by atoms with Crippen LogP contribution in [0.5, 0.6) is 0 Å². The number of nitrogens with two attached hydrogens (primary N) is 1. The molecule has 0 bridgehead atoms. The van der Waals surface area contributed by atoms with Crippen LogP contribution in [0.2, 0.25) is 0 Å². The van der Waals surface area contributed by atoms with Crippen molar-refractivity contribution < 1.29 is 4.79 Å². The van der Waals surface area contributed by atoms with E-state index in [2.05, 4.69) is 24.4 Å². The molecule has 2 N–H and O–H groups in total. The summed E-state index contributed by atoms with van der Waals surface area (Å²) in [7, 11) is 1.92. The van der Waals surface area contributed by atoms with Gasteiger partial charge in [-0.1, -0.05) is 18.9 Å². The lowest BCUT2D eigenvalue weighted by molar-refractivity contribution is -0.131. The molecule has 1 rings (SSSR count). The minimum atomic E-state index is 0.261. The lowest BCUT2D eigenvalue weighted by Gasteiger charge is -2.24. The molecule has 0 aliphatic rings. The van der Waals surface area contributed by atoms with Crippen LogP contribution in [-0.4, -0.2) is 30.4 Å². The summed E-state index contributed by atoms with van der Waals surface area (Å²) >= 11 is 1.76. The number of likely N-dealkylation sites (N-methyl/N-ethyl adjacent to an activating group) is 1. The first kappa shape index (κ1) is 16.2. The fourth-order valence-corrected chi connectivity index (χ4v) is 2.88. The summed E-state index contributed by atoms with van der Waals surface area (Å²) in [5.41, 5.74) is 5.45. The molecule has 3 nitrogen and oxygen atoms in total. The van der Waals surface area contributed by atoms with Gasteiger partial charge in [0.2, 0.25) is 5.91 Å². The molecule has 4 heteroatoms. The van der Waals surface area contributed by atoms with Crippen LogP contribution in [-0.2, 0) is 11.2 Å². The molecule has 1 heterocycles. The van der Waals surface area contributed by atoms with Gasteiger partial charge >= 0.3 is 0 Å². The molecular weight excluding hydrogens is 256 g/mol. The van der Waals surface area contributed by atoms with Crippen LogP contribution < -0.4 is 5.73 Å². The molecule has 0 fully saturated rings. The molecule has 1 aromatic heterocycles. The molecule has 108 valence electrons. The number of thiophene rings is 1. The Morgan fingerprint density at radius 1 is 1.37 bits per heavy atom. The van der Waals surface area contributed by atoms with Gasteiger partial charge in [0.15, 0.2) is 0 Å². The Hall–Kier alpha value is -0.870. The third-order valence-electron chi connectivity index (χ3n) is 3.48. The average molecular weight is 282 g/mol. The standard InChI is InChI=1S/C15H26N2OS/c1-13(12-14-8-7-11-19-14)17(2)15(18)9-5-3-4-6-10-16/h7-8,11,13H,3-6,9-10,12,16H2,1-2H3. The fourth-order valence-electron chi connectivity index (χ4n) is 2.05. The van der Waals surface area contributed by atoms with Gasteiger partial charge in [0.1, 0.15) is 0 Å². The maximum Gasteiger partial charge on any atom is 0.222 e. The van der Waals surface area contributed by atoms with E-state index in [0.717, 1.165) is 38.6 Å². The van der Waals surface area contributed by atoms with Gasteiger partial charge < -0.3 is 10.6 Å². The van der Waals surface area contributed by atoms with Crippen molar-refractivity contribution >= 4 is 17.2 Å². The zero-order chi connectivity index (χ0) is 14.1. The van der Waals surface area contributed by atoms with E-state index in [1.54, 1.807) is 11.3 Å². The van der Waals surface area contributed by atoms with Crippen molar-refractivity contribution in [1.29, 1.82) is 0 Å². The molecule has 0 saturated heterocycles. The van der Waals surface area contributed by atoms with Crippen LogP contribution in [0.4, 0.5) is 0 Å². The molecule has 19 heavy (non-hydrogen) atoms. The number of carbonyl (C=O) groups excluding carboxylic acids is 1. The van der Waals surface area contributed by atoms with Crippen molar-refractivity contribution in [3.8, 4) is 0 Å². The van der Waals surface area contributed by atoms with Gasteiger partial charge in [0.25, 0.3) is 0 Å². The summed E-state index contributed by atoms with van der Waals surface area (Å²) in [6, 6.07) is 4.47. The second kappa shape index (κ2) is 9.10. The van der Waals surface area contributed by atoms with Crippen LogP contribution in [0.1, 0.15) is 43.9 Å². The van der Waals surface area contributed by atoms with E-state index < -0.39 is 0 Å². The van der Waals surface area contributed by atoms with Crippen molar-refractivity contribution in [2.75, 3.05) is 13.6 Å². The Balaban J connectivity index is 2.23. The maximum atomic E-state index is 12.1. The monoisotopic (exact) mass is 282 g/mol. The Kier molecular flexibility index (Phi) is 7.75. The Bertz CT molecular complexity index is 351. The van der Waals surface area contributed by atoms with Gasteiger partial charge in [-0.05, 0) is 37.8 Å². The minimum Gasteiger partial charge on any atom is -0.343 e. The molecule has 1 unspecified atom stereocenters. The number of carbonyl (C=O) groups is 1. The average Bonchev–Trinajstić information content (AvgIpc) is 2.90. The molecule has 1 amide bonds. The van der Waals surface area contributed by atoms with Crippen LogP contribution in [0.25, 0.3) is 0 Å². The first-order valence-electron chi connectivity index (χ1n) is 7.13. The first-order valence-corrected chi connectivity index (χ1v) is 8.01. The molecule has 0 aliphatic carbocycles. The van der Waals surface area contributed by atoms with E-state index in [9.17, 15) is 4.79 Å². The van der Waals surface area contributed by atoms with Crippen LogP contribution in [0.15, 0.2) is 17.5 Å². The summed E-state index contributed by atoms with van der Waals surface area (Å²) in [5, 5.41) is 2.08. The maximum absolute atomic E-state index is 12.1. The van der Waals surface area contributed by atoms with Gasteiger partial charge in [-0.2, -0.15) is 0 Å². The van der Waals surface area contributed by atoms with Crippen molar-refractivity contribution in [2.24, 2.45) is 5.73 Å². The lowest BCUT2D eigenvalue weighted by Crippen LogP contribution is -2.36. The second-order valence-electron chi connectivity index (χ2n) is 5.09. The highest BCUT2D eigenvalue weighted by molar-refractivity contribution is 7.09. The molecule has 1 aromatic rings. The normalized spacial score (nSPS) is 12.4. The zero-order valence-electron chi connectivity index (χ0n) is 12.1. The highest BCUT2D eigenvalue weighted by Crippen LogP contribution is 2.14.